The number of unbranched alkanes of at least 4 members (excludes halogenated alkanes) is 14. The second-order valence-corrected chi connectivity index (χ2v) is 7.01. The van der Waals surface area contributed by atoms with Crippen LogP contribution in [-0.2, 0) is 4.74 Å². The average molecular weight is 501 g/mol. The number of hydrogen-bond donors (Lipinski definition) is 2. The molecule has 0 fully saturated rings. The molecule has 0 bridgehead atoms. The molecule has 0 saturated carbocycles. The normalized spacial score (nSPS) is 8.11. The third-order valence-electron chi connectivity index (χ3n) is 4.38. The van der Waals surface area contributed by atoms with Crippen molar-refractivity contribution in [3.05, 3.63) is 65.8 Å². The topological polar surface area (TPSA) is 49.7 Å². The van der Waals surface area contributed by atoms with E-state index >= 15 is 0 Å². The van der Waals surface area contributed by atoms with Crippen LogP contribution in [0.3, 0.4) is 0 Å². The van der Waals surface area contributed by atoms with Gasteiger partial charge in [-0.15, -0.1) is 65.8 Å². The van der Waals surface area contributed by atoms with Crippen LogP contribution >= 0.6 is 0 Å². The van der Waals surface area contributed by atoms with Crippen molar-refractivity contribution in [2.75, 3.05) is 26.4 Å². The number of hydrogen-bond acceptors (Lipinski definition) is 3. The zero-order chi connectivity index (χ0) is 28.8. The summed E-state index contributed by atoms with van der Waals surface area (Å²) in [6, 6.07) is 0. The van der Waals surface area contributed by atoms with Gasteiger partial charge in [0.05, 0.1) is 13.2 Å². The molecule has 214 valence electrons. The van der Waals surface area contributed by atoms with Crippen molar-refractivity contribution in [3.63, 3.8) is 0 Å². The number of rotatable bonds is 19. The highest BCUT2D eigenvalue weighted by Gasteiger charge is 1.94. The summed E-state index contributed by atoms with van der Waals surface area (Å²) in [5.41, 5.74) is 0. The minimum atomic E-state index is -0.125. The number of aliphatic hydroxyl groups is 2. The standard InChI is InChI=1S/C20H42O.C2H6O2.5C2H4/c1-3-5-7-9-11-13-15-17-19-21-20-18-16-14-12-10-8-6-4-2;3-1-2-4;5*1-2/h3-20H2,1-2H3;3-4H,1-2H2;5*1-2H2. The number of ether oxygens (including phenoxy) is 1. The van der Waals surface area contributed by atoms with Crippen molar-refractivity contribution in [1.29, 1.82) is 0 Å². The summed E-state index contributed by atoms with van der Waals surface area (Å²) < 4.78 is 5.72. The first kappa shape index (κ1) is 50.5. The minimum Gasteiger partial charge on any atom is -0.394 e. The SMILES string of the molecule is C=C.C=C.C=C.C=C.C=C.CCCCCCCCCCOCCCCCCCCCC.OCCO. The fraction of sp³-hybridized carbons (Fsp3) is 0.688. The molecule has 0 spiro atoms. The Balaban J connectivity index is -0.0000000939. The van der Waals surface area contributed by atoms with Crippen molar-refractivity contribution in [1.82, 2.24) is 0 Å². The third kappa shape index (κ3) is 98.6. The van der Waals surface area contributed by atoms with Gasteiger partial charge in [-0.3, -0.25) is 0 Å². The van der Waals surface area contributed by atoms with E-state index in [2.05, 4.69) is 79.6 Å². The van der Waals surface area contributed by atoms with Crippen LogP contribution in [0, 0.1) is 0 Å². The van der Waals surface area contributed by atoms with E-state index in [9.17, 15) is 0 Å². The average Bonchev–Trinajstić information content (AvgIpc) is 2.96. The monoisotopic (exact) mass is 501 g/mol. The van der Waals surface area contributed by atoms with Gasteiger partial charge in [0.2, 0.25) is 0 Å². The largest absolute Gasteiger partial charge is 0.394 e. The first-order chi connectivity index (χ1) is 17.3. The molecule has 3 heteroatoms. The van der Waals surface area contributed by atoms with Crippen LogP contribution in [0.1, 0.15) is 117 Å². The second kappa shape index (κ2) is 84.8. The summed E-state index contributed by atoms with van der Waals surface area (Å²) in [6.45, 7) is 36.3. The fourth-order valence-electron chi connectivity index (χ4n) is 2.78. The van der Waals surface area contributed by atoms with Gasteiger partial charge in [-0.25, -0.2) is 0 Å². The molecule has 0 aromatic carbocycles. The minimum absolute atomic E-state index is 0.125. The Kier molecular flexibility index (Phi) is 122. The molecular formula is C32H68O3. The molecule has 0 aromatic rings. The molecule has 0 heterocycles. The van der Waals surface area contributed by atoms with Crippen molar-refractivity contribution in [3.8, 4) is 0 Å². The Morgan fingerprint density at radius 1 is 0.371 bits per heavy atom. The van der Waals surface area contributed by atoms with E-state index in [1.54, 1.807) is 0 Å². The number of aliphatic hydroxyl groups excluding tert-OH is 2. The molecule has 0 radical (unpaired) electrons. The summed E-state index contributed by atoms with van der Waals surface area (Å²) >= 11 is 0. The summed E-state index contributed by atoms with van der Waals surface area (Å²) in [4.78, 5) is 0. The van der Waals surface area contributed by atoms with E-state index < -0.39 is 0 Å². The van der Waals surface area contributed by atoms with E-state index in [0.29, 0.717) is 0 Å². The highest BCUT2D eigenvalue weighted by Crippen LogP contribution is 2.10. The quantitative estimate of drug-likeness (QED) is 0.137. The van der Waals surface area contributed by atoms with Crippen LogP contribution in [0.2, 0.25) is 0 Å². The summed E-state index contributed by atoms with van der Waals surface area (Å²) in [7, 11) is 0. The predicted molar refractivity (Wildman–Crippen MR) is 166 cm³/mol. The maximum Gasteiger partial charge on any atom is 0.0662 e. The molecule has 0 aliphatic heterocycles. The van der Waals surface area contributed by atoms with Crippen LogP contribution in [0.5, 0.6) is 0 Å². The van der Waals surface area contributed by atoms with E-state index in [-0.39, 0.29) is 13.2 Å². The third-order valence-corrected chi connectivity index (χ3v) is 4.38. The molecule has 0 aromatic heterocycles. The Bertz CT molecular complexity index is 228. The lowest BCUT2D eigenvalue weighted by atomic mass is 10.1. The first-order valence-corrected chi connectivity index (χ1v) is 13.6. The molecule has 0 unspecified atom stereocenters. The Labute approximate surface area is 223 Å². The summed E-state index contributed by atoms with van der Waals surface area (Å²) in [5.74, 6) is 0. The highest BCUT2D eigenvalue weighted by molar-refractivity contribution is 4.47. The van der Waals surface area contributed by atoms with Gasteiger partial charge in [0.1, 0.15) is 0 Å². The summed E-state index contributed by atoms with van der Waals surface area (Å²) in [6.07, 6.45) is 22.2. The fourth-order valence-corrected chi connectivity index (χ4v) is 2.78. The molecule has 0 atom stereocenters. The zero-order valence-corrected chi connectivity index (χ0v) is 24.5. The van der Waals surface area contributed by atoms with Crippen LogP contribution in [0.25, 0.3) is 0 Å². The van der Waals surface area contributed by atoms with Gasteiger partial charge in [0, 0.05) is 13.2 Å². The van der Waals surface area contributed by atoms with Crippen molar-refractivity contribution >= 4 is 0 Å². The van der Waals surface area contributed by atoms with E-state index in [4.69, 9.17) is 14.9 Å². The van der Waals surface area contributed by atoms with Crippen LogP contribution in [-0.4, -0.2) is 36.6 Å². The van der Waals surface area contributed by atoms with Crippen LogP contribution < -0.4 is 0 Å². The van der Waals surface area contributed by atoms with Gasteiger partial charge in [-0.1, -0.05) is 104 Å². The van der Waals surface area contributed by atoms with Crippen LogP contribution in [0.4, 0.5) is 0 Å². The van der Waals surface area contributed by atoms with E-state index in [0.717, 1.165) is 13.2 Å². The lowest BCUT2D eigenvalue weighted by Gasteiger charge is -2.05. The summed E-state index contributed by atoms with van der Waals surface area (Å²) in [5, 5.41) is 15.2. The molecule has 0 aliphatic rings. The Morgan fingerprint density at radius 3 is 0.771 bits per heavy atom. The molecule has 0 saturated heterocycles. The van der Waals surface area contributed by atoms with Gasteiger partial charge in [0.25, 0.3) is 0 Å². The molecule has 35 heavy (non-hydrogen) atoms. The van der Waals surface area contributed by atoms with Crippen molar-refractivity contribution in [2.45, 2.75) is 117 Å². The van der Waals surface area contributed by atoms with E-state index in [1.807, 2.05) is 0 Å². The van der Waals surface area contributed by atoms with Gasteiger partial charge in [-0.05, 0) is 12.8 Å². The second-order valence-electron chi connectivity index (χ2n) is 7.01. The Morgan fingerprint density at radius 2 is 0.571 bits per heavy atom. The van der Waals surface area contributed by atoms with Gasteiger partial charge < -0.3 is 14.9 Å². The van der Waals surface area contributed by atoms with Gasteiger partial charge in [-0.2, -0.15) is 0 Å². The smallest absolute Gasteiger partial charge is 0.0662 e. The van der Waals surface area contributed by atoms with Gasteiger partial charge in [0.15, 0.2) is 0 Å². The molecule has 3 nitrogen and oxygen atoms in total. The van der Waals surface area contributed by atoms with Gasteiger partial charge >= 0.3 is 0 Å². The van der Waals surface area contributed by atoms with Crippen LogP contribution in [0.15, 0.2) is 65.8 Å². The highest BCUT2D eigenvalue weighted by atomic mass is 16.5. The maximum atomic E-state index is 7.62. The molecular weight excluding hydrogens is 432 g/mol. The molecule has 0 amide bonds. The molecule has 0 aliphatic carbocycles. The maximum absolute atomic E-state index is 7.62. The molecule has 2 N–H and O–H groups in total. The molecule has 0 rings (SSSR count). The zero-order valence-electron chi connectivity index (χ0n) is 24.5. The lowest BCUT2D eigenvalue weighted by molar-refractivity contribution is 0.125. The van der Waals surface area contributed by atoms with Crippen molar-refractivity contribution in [2.24, 2.45) is 0 Å². The van der Waals surface area contributed by atoms with Crippen molar-refractivity contribution < 1.29 is 14.9 Å². The first-order valence-electron chi connectivity index (χ1n) is 13.6. The lowest BCUT2D eigenvalue weighted by Crippen LogP contribution is -1.97. The van der Waals surface area contributed by atoms with E-state index in [1.165, 1.54) is 103 Å². The predicted octanol–water partition coefficient (Wildman–Crippen LogP) is 10.3. The Hall–Kier alpha value is -1.42.